The van der Waals surface area contributed by atoms with E-state index in [0.29, 0.717) is 0 Å². The predicted octanol–water partition coefficient (Wildman–Crippen LogP) is 3.57. The molecule has 0 bridgehead atoms. The number of phenolic OH excluding ortho intramolecular Hbond substituents is 1. The standard InChI is InChI=1S/C26H27F3N4O6S2/c1-31(40(2,36)37)23-6-4-3-5-21(23)25(35)30-18-7-10-20(11-8-18)41(38,39)33-15-13-32(14-16-33)19-9-12-24(34)22(17-19)26(27,28)29/h3-12,17,34H,13-16H2,1-2H3,(H,30,35). The predicted molar refractivity (Wildman–Crippen MR) is 148 cm³/mol. The molecule has 0 aliphatic carbocycles. The number of benzene rings is 3. The Hall–Kier alpha value is -3.82. The van der Waals surface area contributed by atoms with E-state index in [2.05, 4.69) is 5.32 Å². The molecule has 0 aromatic heterocycles. The van der Waals surface area contributed by atoms with E-state index in [1.165, 1.54) is 53.8 Å². The lowest BCUT2D eigenvalue weighted by molar-refractivity contribution is -0.138. The zero-order valence-corrected chi connectivity index (χ0v) is 23.6. The molecule has 220 valence electrons. The molecule has 1 heterocycles. The molecule has 0 unspecified atom stereocenters. The van der Waals surface area contributed by atoms with Gasteiger partial charge in [-0.2, -0.15) is 17.5 Å². The van der Waals surface area contributed by atoms with E-state index in [9.17, 15) is 39.9 Å². The minimum absolute atomic E-state index is 0.0215. The Kier molecular flexibility index (Phi) is 8.25. The van der Waals surface area contributed by atoms with E-state index >= 15 is 0 Å². The van der Waals surface area contributed by atoms with Crippen LogP contribution in [0.1, 0.15) is 15.9 Å². The number of carbonyl (C=O) groups excluding carboxylic acids is 1. The number of piperazine rings is 1. The van der Waals surface area contributed by atoms with Crippen molar-refractivity contribution in [2.24, 2.45) is 0 Å². The molecule has 1 fully saturated rings. The fourth-order valence-electron chi connectivity index (χ4n) is 4.31. The molecule has 1 saturated heterocycles. The van der Waals surface area contributed by atoms with Gasteiger partial charge in [0.15, 0.2) is 0 Å². The second-order valence-electron chi connectivity index (χ2n) is 9.32. The zero-order valence-electron chi connectivity index (χ0n) is 22.0. The third-order valence-electron chi connectivity index (χ3n) is 6.62. The van der Waals surface area contributed by atoms with Gasteiger partial charge in [-0.25, -0.2) is 16.8 Å². The molecule has 2 N–H and O–H groups in total. The number of anilines is 3. The third kappa shape index (κ3) is 6.57. The minimum atomic E-state index is -4.73. The first-order valence-electron chi connectivity index (χ1n) is 12.2. The Morgan fingerprint density at radius 2 is 1.54 bits per heavy atom. The van der Waals surface area contributed by atoms with Crippen molar-refractivity contribution in [2.75, 3.05) is 54.0 Å². The highest BCUT2D eigenvalue weighted by Gasteiger charge is 2.35. The summed E-state index contributed by atoms with van der Waals surface area (Å²) in [4.78, 5) is 14.5. The molecule has 0 spiro atoms. The summed E-state index contributed by atoms with van der Waals surface area (Å²) < 4.78 is 92.0. The van der Waals surface area contributed by atoms with E-state index in [1.54, 1.807) is 17.0 Å². The summed E-state index contributed by atoms with van der Waals surface area (Å²) in [6.45, 7) is 0.314. The maximum Gasteiger partial charge on any atom is 0.420 e. The highest BCUT2D eigenvalue weighted by atomic mass is 32.2. The summed E-state index contributed by atoms with van der Waals surface area (Å²) in [5, 5.41) is 12.2. The van der Waals surface area contributed by atoms with Gasteiger partial charge in [-0.15, -0.1) is 0 Å². The van der Waals surface area contributed by atoms with Crippen molar-refractivity contribution >= 4 is 43.0 Å². The van der Waals surface area contributed by atoms with E-state index in [-0.39, 0.29) is 53.7 Å². The van der Waals surface area contributed by atoms with E-state index < -0.39 is 43.4 Å². The van der Waals surface area contributed by atoms with Crippen molar-refractivity contribution in [3.63, 3.8) is 0 Å². The number of aromatic hydroxyl groups is 1. The van der Waals surface area contributed by atoms with Gasteiger partial charge in [0.2, 0.25) is 20.0 Å². The van der Waals surface area contributed by atoms with Gasteiger partial charge in [-0.1, -0.05) is 12.1 Å². The van der Waals surface area contributed by atoms with Crippen LogP contribution in [0.3, 0.4) is 0 Å². The molecular formula is C26H27F3N4O6S2. The van der Waals surface area contributed by atoms with Crippen LogP contribution in [-0.2, 0) is 26.2 Å². The van der Waals surface area contributed by atoms with Gasteiger partial charge in [0, 0.05) is 44.6 Å². The smallest absolute Gasteiger partial charge is 0.420 e. The number of nitrogens with one attached hydrogen (secondary N) is 1. The molecule has 0 saturated carbocycles. The Morgan fingerprint density at radius 1 is 0.927 bits per heavy atom. The first-order chi connectivity index (χ1) is 19.1. The maximum atomic E-state index is 13.2. The molecule has 41 heavy (non-hydrogen) atoms. The number of carbonyl (C=O) groups is 1. The van der Waals surface area contributed by atoms with Crippen LogP contribution < -0.4 is 14.5 Å². The van der Waals surface area contributed by atoms with Crippen molar-refractivity contribution < 1.29 is 39.9 Å². The summed E-state index contributed by atoms with van der Waals surface area (Å²) >= 11 is 0. The number of sulfonamides is 2. The van der Waals surface area contributed by atoms with E-state index in [0.717, 1.165) is 22.7 Å². The normalized spacial score (nSPS) is 15.0. The summed E-state index contributed by atoms with van der Waals surface area (Å²) in [5.74, 6) is -1.47. The molecule has 1 aliphatic rings. The quantitative estimate of drug-likeness (QED) is 0.418. The molecule has 0 radical (unpaired) electrons. The molecule has 0 atom stereocenters. The van der Waals surface area contributed by atoms with Crippen LogP contribution in [0.4, 0.5) is 30.2 Å². The number of hydrogen-bond acceptors (Lipinski definition) is 7. The van der Waals surface area contributed by atoms with Crippen LogP contribution in [0.5, 0.6) is 5.75 Å². The van der Waals surface area contributed by atoms with Crippen LogP contribution in [0.25, 0.3) is 0 Å². The molecule has 3 aromatic carbocycles. The topological polar surface area (TPSA) is 127 Å². The molecule has 1 aliphatic heterocycles. The van der Waals surface area contributed by atoms with Crippen molar-refractivity contribution in [1.29, 1.82) is 0 Å². The van der Waals surface area contributed by atoms with Crippen LogP contribution >= 0.6 is 0 Å². The SMILES string of the molecule is CN(c1ccccc1C(=O)Nc1ccc(S(=O)(=O)N2CCN(c3ccc(O)c(C(F)(F)F)c3)CC2)cc1)S(C)(=O)=O. The van der Waals surface area contributed by atoms with Crippen molar-refractivity contribution in [3.8, 4) is 5.75 Å². The molecule has 4 rings (SSSR count). The fourth-order valence-corrected chi connectivity index (χ4v) is 6.25. The number of alkyl halides is 3. The lowest BCUT2D eigenvalue weighted by atomic mass is 10.1. The first kappa shape index (κ1) is 30.1. The van der Waals surface area contributed by atoms with Crippen molar-refractivity contribution in [3.05, 3.63) is 77.9 Å². The number of rotatable bonds is 7. The molecule has 15 heteroatoms. The number of hydrogen-bond donors (Lipinski definition) is 2. The first-order valence-corrected chi connectivity index (χ1v) is 15.5. The summed E-state index contributed by atoms with van der Waals surface area (Å²) in [6, 6.07) is 14.7. The average Bonchev–Trinajstić information content (AvgIpc) is 2.92. The molecule has 1 amide bonds. The van der Waals surface area contributed by atoms with Gasteiger partial charge in [0.25, 0.3) is 5.91 Å². The number of halogens is 3. The van der Waals surface area contributed by atoms with Crippen molar-refractivity contribution in [1.82, 2.24) is 4.31 Å². The second kappa shape index (κ2) is 11.2. The number of amides is 1. The van der Waals surface area contributed by atoms with Crippen LogP contribution in [0.2, 0.25) is 0 Å². The summed E-state index contributed by atoms with van der Waals surface area (Å²) in [6.07, 6.45) is -3.72. The monoisotopic (exact) mass is 612 g/mol. The lowest BCUT2D eigenvalue weighted by Gasteiger charge is -2.35. The molecule has 10 nitrogen and oxygen atoms in total. The van der Waals surface area contributed by atoms with Gasteiger partial charge in [0.1, 0.15) is 5.75 Å². The van der Waals surface area contributed by atoms with Crippen LogP contribution in [0.15, 0.2) is 71.6 Å². The second-order valence-corrected chi connectivity index (χ2v) is 13.3. The van der Waals surface area contributed by atoms with Crippen LogP contribution in [0, 0.1) is 0 Å². The summed E-state index contributed by atoms with van der Waals surface area (Å²) in [7, 11) is -6.23. The Bertz CT molecular complexity index is 1660. The Morgan fingerprint density at radius 3 is 2.12 bits per heavy atom. The van der Waals surface area contributed by atoms with E-state index in [1.807, 2.05) is 0 Å². The van der Waals surface area contributed by atoms with Gasteiger partial charge >= 0.3 is 6.18 Å². The Balaban J connectivity index is 1.44. The van der Waals surface area contributed by atoms with Crippen molar-refractivity contribution in [2.45, 2.75) is 11.1 Å². The average molecular weight is 613 g/mol. The van der Waals surface area contributed by atoms with Gasteiger partial charge < -0.3 is 15.3 Å². The maximum absolute atomic E-state index is 13.2. The third-order valence-corrected chi connectivity index (χ3v) is 9.73. The lowest BCUT2D eigenvalue weighted by Crippen LogP contribution is -2.48. The fraction of sp³-hybridized carbons (Fsp3) is 0.269. The minimum Gasteiger partial charge on any atom is -0.507 e. The number of nitrogens with zero attached hydrogens (tertiary/aromatic N) is 3. The number of para-hydroxylation sites is 1. The van der Waals surface area contributed by atoms with Gasteiger partial charge in [-0.05, 0) is 54.6 Å². The Labute approximate surface area is 235 Å². The summed E-state index contributed by atoms with van der Waals surface area (Å²) in [5.41, 5.74) is -0.387. The van der Waals surface area contributed by atoms with Crippen LogP contribution in [-0.4, -0.2) is 71.6 Å². The zero-order chi connectivity index (χ0) is 30.2. The number of phenols is 1. The van der Waals surface area contributed by atoms with E-state index in [4.69, 9.17) is 0 Å². The molecular weight excluding hydrogens is 585 g/mol. The highest BCUT2D eigenvalue weighted by Crippen LogP contribution is 2.38. The largest absolute Gasteiger partial charge is 0.507 e. The van der Waals surface area contributed by atoms with Gasteiger partial charge in [0.05, 0.1) is 28.0 Å². The van der Waals surface area contributed by atoms with Gasteiger partial charge in [-0.3, -0.25) is 9.10 Å². The molecule has 3 aromatic rings. The highest BCUT2D eigenvalue weighted by molar-refractivity contribution is 7.92.